The van der Waals surface area contributed by atoms with Crippen LogP contribution in [0.5, 0.6) is 11.5 Å². The Labute approximate surface area is 175 Å². The van der Waals surface area contributed by atoms with Crippen molar-refractivity contribution in [1.29, 1.82) is 0 Å². The fourth-order valence-corrected chi connectivity index (χ4v) is 3.55. The molecule has 0 spiro atoms. The molecule has 2 aromatic carbocycles. The van der Waals surface area contributed by atoms with Gasteiger partial charge >= 0.3 is 0 Å². The van der Waals surface area contributed by atoms with Crippen LogP contribution in [0.3, 0.4) is 0 Å². The van der Waals surface area contributed by atoms with Gasteiger partial charge in [-0.2, -0.15) is 0 Å². The summed E-state index contributed by atoms with van der Waals surface area (Å²) in [5.74, 6) is 3.28. The molecular weight excluding hydrogens is 382 g/mol. The number of anilines is 3. The smallest absolute Gasteiger partial charge is 0.191 e. The van der Waals surface area contributed by atoms with E-state index in [-0.39, 0.29) is 0 Å². The van der Waals surface area contributed by atoms with Gasteiger partial charge in [0, 0.05) is 32.2 Å². The Morgan fingerprint density at radius 1 is 0.931 bits per heavy atom. The Bertz CT molecular complexity index is 945. The topological polar surface area (TPSA) is 53.5 Å². The molecule has 1 aliphatic rings. The van der Waals surface area contributed by atoms with Gasteiger partial charge in [0.05, 0.1) is 5.69 Å². The second-order valence-electron chi connectivity index (χ2n) is 6.92. The van der Waals surface area contributed by atoms with E-state index in [0.717, 1.165) is 60.2 Å². The van der Waals surface area contributed by atoms with Gasteiger partial charge in [0.1, 0.15) is 17.4 Å². The maximum Gasteiger partial charge on any atom is 0.191 e. The summed E-state index contributed by atoms with van der Waals surface area (Å²) in [5.41, 5.74) is 0.867. The standard InChI is InChI=1S/C22H25N5OS/c1-26-12-14-27(15-13-26)21-16-20(24-22(25-21)29-2)23-18-10-6-7-11-19(18)28-17-8-4-3-5-9-17/h3-11,16H,12-15H2,1-2H3,(H,23,24,25). The predicted octanol–water partition coefficient (Wildman–Crippen LogP) is 4.49. The third-order valence-electron chi connectivity index (χ3n) is 4.82. The van der Waals surface area contributed by atoms with E-state index in [2.05, 4.69) is 27.1 Å². The molecule has 2 heterocycles. The lowest BCUT2D eigenvalue weighted by Gasteiger charge is -2.33. The van der Waals surface area contributed by atoms with Gasteiger partial charge in [0.2, 0.25) is 0 Å². The minimum atomic E-state index is 0.754. The van der Waals surface area contributed by atoms with E-state index < -0.39 is 0 Å². The van der Waals surface area contributed by atoms with Crippen LogP contribution in [-0.2, 0) is 0 Å². The Hall–Kier alpha value is -2.77. The molecule has 7 heteroatoms. The number of aromatic nitrogens is 2. The Kier molecular flexibility index (Phi) is 6.17. The summed E-state index contributed by atoms with van der Waals surface area (Å²) >= 11 is 1.55. The van der Waals surface area contributed by atoms with Crippen molar-refractivity contribution < 1.29 is 4.74 Å². The second kappa shape index (κ2) is 9.15. The van der Waals surface area contributed by atoms with Gasteiger partial charge in [-0.1, -0.05) is 42.1 Å². The highest BCUT2D eigenvalue weighted by atomic mass is 32.2. The SMILES string of the molecule is CSc1nc(Nc2ccccc2Oc2ccccc2)cc(N2CCN(C)CC2)n1. The van der Waals surface area contributed by atoms with Gasteiger partial charge in [-0.05, 0) is 37.6 Å². The predicted molar refractivity (Wildman–Crippen MR) is 120 cm³/mol. The highest BCUT2D eigenvalue weighted by Gasteiger charge is 2.17. The molecule has 1 aromatic heterocycles. The van der Waals surface area contributed by atoms with Crippen LogP contribution in [0.4, 0.5) is 17.3 Å². The number of hydrogen-bond donors (Lipinski definition) is 1. The minimum Gasteiger partial charge on any atom is -0.455 e. The fourth-order valence-electron chi connectivity index (χ4n) is 3.18. The Morgan fingerprint density at radius 2 is 1.66 bits per heavy atom. The van der Waals surface area contributed by atoms with E-state index in [1.165, 1.54) is 0 Å². The molecule has 3 aromatic rings. The monoisotopic (exact) mass is 407 g/mol. The molecule has 29 heavy (non-hydrogen) atoms. The number of nitrogens with zero attached hydrogens (tertiary/aromatic N) is 4. The molecule has 0 radical (unpaired) electrons. The molecular formula is C22H25N5OS. The van der Waals surface area contributed by atoms with Crippen LogP contribution in [-0.4, -0.2) is 54.4 Å². The van der Waals surface area contributed by atoms with E-state index in [0.29, 0.717) is 0 Å². The van der Waals surface area contributed by atoms with Crippen molar-refractivity contribution in [2.75, 3.05) is 49.7 Å². The number of nitrogens with one attached hydrogen (secondary N) is 1. The van der Waals surface area contributed by atoms with Gasteiger partial charge in [-0.15, -0.1) is 0 Å². The second-order valence-corrected chi connectivity index (χ2v) is 7.70. The van der Waals surface area contributed by atoms with Crippen molar-refractivity contribution >= 4 is 29.1 Å². The molecule has 0 aliphatic carbocycles. The first-order valence-corrected chi connectivity index (χ1v) is 10.9. The van der Waals surface area contributed by atoms with Crippen LogP contribution in [0.15, 0.2) is 65.8 Å². The summed E-state index contributed by atoms with van der Waals surface area (Å²) in [4.78, 5) is 14.0. The highest BCUT2D eigenvalue weighted by molar-refractivity contribution is 7.98. The third-order valence-corrected chi connectivity index (χ3v) is 5.37. The quantitative estimate of drug-likeness (QED) is 0.477. The molecule has 1 saturated heterocycles. The van der Waals surface area contributed by atoms with E-state index in [4.69, 9.17) is 9.72 Å². The third kappa shape index (κ3) is 4.99. The summed E-state index contributed by atoms with van der Waals surface area (Å²) in [6.07, 6.45) is 2.00. The number of benzene rings is 2. The first-order chi connectivity index (χ1) is 14.2. The lowest BCUT2D eigenvalue weighted by atomic mass is 10.2. The first-order valence-electron chi connectivity index (χ1n) is 9.67. The van der Waals surface area contributed by atoms with E-state index in [1.807, 2.05) is 66.9 Å². The van der Waals surface area contributed by atoms with Crippen molar-refractivity contribution in [3.63, 3.8) is 0 Å². The normalized spacial score (nSPS) is 14.6. The van der Waals surface area contributed by atoms with Crippen molar-refractivity contribution in [1.82, 2.24) is 14.9 Å². The highest BCUT2D eigenvalue weighted by Crippen LogP contribution is 2.32. The van der Waals surface area contributed by atoms with Crippen molar-refractivity contribution in [2.24, 2.45) is 0 Å². The molecule has 0 amide bonds. The summed E-state index contributed by atoms with van der Waals surface area (Å²) < 4.78 is 6.07. The van der Waals surface area contributed by atoms with Gasteiger partial charge in [0.15, 0.2) is 10.9 Å². The number of hydrogen-bond acceptors (Lipinski definition) is 7. The number of likely N-dealkylation sites (N-methyl/N-ethyl adjacent to an activating group) is 1. The van der Waals surface area contributed by atoms with Crippen molar-refractivity contribution in [3.05, 3.63) is 60.7 Å². The van der Waals surface area contributed by atoms with Gasteiger partial charge < -0.3 is 19.9 Å². The molecule has 6 nitrogen and oxygen atoms in total. The average molecular weight is 408 g/mol. The average Bonchev–Trinajstić information content (AvgIpc) is 2.76. The summed E-state index contributed by atoms with van der Waals surface area (Å²) in [7, 11) is 2.15. The molecule has 0 saturated carbocycles. The zero-order chi connectivity index (χ0) is 20.1. The first kappa shape index (κ1) is 19.5. The molecule has 0 atom stereocenters. The molecule has 1 aliphatic heterocycles. The Balaban J connectivity index is 1.58. The largest absolute Gasteiger partial charge is 0.455 e. The van der Waals surface area contributed by atoms with Gasteiger partial charge in [-0.3, -0.25) is 0 Å². The molecule has 150 valence electrons. The number of para-hydroxylation sites is 3. The lowest BCUT2D eigenvalue weighted by Crippen LogP contribution is -2.44. The van der Waals surface area contributed by atoms with Crippen molar-refractivity contribution in [2.45, 2.75) is 5.16 Å². The maximum atomic E-state index is 6.07. The zero-order valence-corrected chi connectivity index (χ0v) is 17.5. The van der Waals surface area contributed by atoms with Gasteiger partial charge in [-0.25, -0.2) is 9.97 Å². The number of rotatable bonds is 6. The lowest BCUT2D eigenvalue weighted by molar-refractivity contribution is 0.312. The molecule has 0 bridgehead atoms. The number of piperazine rings is 1. The van der Waals surface area contributed by atoms with Gasteiger partial charge in [0.25, 0.3) is 0 Å². The van der Waals surface area contributed by atoms with Crippen LogP contribution in [0.25, 0.3) is 0 Å². The van der Waals surface area contributed by atoms with Crippen LogP contribution in [0, 0.1) is 0 Å². The van der Waals surface area contributed by atoms with Crippen LogP contribution >= 0.6 is 11.8 Å². The van der Waals surface area contributed by atoms with E-state index in [9.17, 15) is 0 Å². The van der Waals surface area contributed by atoms with Crippen LogP contribution < -0.4 is 15.0 Å². The van der Waals surface area contributed by atoms with Crippen molar-refractivity contribution in [3.8, 4) is 11.5 Å². The summed E-state index contributed by atoms with van der Waals surface area (Å²) in [6, 6.07) is 19.7. The van der Waals surface area contributed by atoms with Crippen LogP contribution in [0.2, 0.25) is 0 Å². The fraction of sp³-hybridized carbons (Fsp3) is 0.273. The minimum absolute atomic E-state index is 0.754. The molecule has 1 fully saturated rings. The summed E-state index contributed by atoms with van der Waals surface area (Å²) in [5, 5.41) is 4.18. The van der Waals surface area contributed by atoms with E-state index in [1.54, 1.807) is 11.8 Å². The molecule has 1 N–H and O–H groups in total. The molecule has 0 unspecified atom stereocenters. The molecule has 4 rings (SSSR count). The number of ether oxygens (including phenoxy) is 1. The van der Waals surface area contributed by atoms with Crippen LogP contribution in [0.1, 0.15) is 0 Å². The van der Waals surface area contributed by atoms with E-state index >= 15 is 0 Å². The zero-order valence-electron chi connectivity index (χ0n) is 16.7. The number of thioether (sulfide) groups is 1. The Morgan fingerprint density at radius 3 is 2.41 bits per heavy atom. The maximum absolute atomic E-state index is 6.07. The summed E-state index contributed by atoms with van der Waals surface area (Å²) in [6.45, 7) is 4.01.